The molecule has 1 N–H and O–H groups in total. The first-order valence-corrected chi connectivity index (χ1v) is 9.52. The zero-order chi connectivity index (χ0) is 20.2. The smallest absolute Gasteiger partial charge is 0.289 e. The van der Waals surface area contributed by atoms with Crippen molar-refractivity contribution in [3.05, 3.63) is 77.9 Å². The second-order valence-corrected chi connectivity index (χ2v) is 6.99. The van der Waals surface area contributed by atoms with Crippen molar-refractivity contribution in [3.8, 4) is 0 Å². The molecule has 4 rings (SSSR count). The van der Waals surface area contributed by atoms with Crippen LogP contribution in [0, 0.1) is 6.92 Å². The molecule has 3 heterocycles. The van der Waals surface area contributed by atoms with Crippen LogP contribution in [-0.4, -0.2) is 52.8 Å². The Morgan fingerprint density at radius 2 is 1.72 bits per heavy atom. The van der Waals surface area contributed by atoms with Crippen molar-refractivity contribution in [2.45, 2.75) is 6.92 Å². The lowest BCUT2D eigenvalue weighted by molar-refractivity contribution is 0.0518. The highest BCUT2D eigenvalue weighted by molar-refractivity contribution is 5.95. The summed E-state index contributed by atoms with van der Waals surface area (Å²) in [6.45, 7) is 3.94. The molecule has 2 amide bonds. The Kier molecular flexibility index (Phi) is 5.29. The molecule has 1 saturated heterocycles. The number of piperazine rings is 1. The lowest BCUT2D eigenvalue weighted by Gasteiger charge is -2.34. The number of amides is 2. The second kappa shape index (κ2) is 8.18. The highest BCUT2D eigenvalue weighted by Gasteiger charge is 2.26. The van der Waals surface area contributed by atoms with Crippen LogP contribution >= 0.6 is 0 Å². The number of aromatic nitrogens is 1. The number of hydrogen-bond donors (Lipinski definition) is 1. The van der Waals surface area contributed by atoms with E-state index in [2.05, 4.69) is 10.3 Å². The van der Waals surface area contributed by atoms with Crippen LogP contribution in [0.3, 0.4) is 0 Å². The van der Waals surface area contributed by atoms with E-state index in [0.717, 1.165) is 11.3 Å². The van der Waals surface area contributed by atoms with E-state index in [9.17, 15) is 9.59 Å². The zero-order valence-corrected chi connectivity index (χ0v) is 16.2. The third-order valence-corrected chi connectivity index (χ3v) is 4.88. The predicted molar refractivity (Wildman–Crippen MR) is 109 cm³/mol. The third kappa shape index (κ3) is 4.29. The molecule has 1 aromatic carbocycles. The Bertz CT molecular complexity index is 1010. The first kappa shape index (κ1) is 18.7. The molecule has 0 aliphatic carbocycles. The number of benzene rings is 1. The number of carbonyl (C=O) groups is 2. The zero-order valence-electron chi connectivity index (χ0n) is 16.2. The molecule has 0 radical (unpaired) electrons. The fraction of sp³-hybridized carbons (Fsp3) is 0.227. The van der Waals surface area contributed by atoms with Crippen molar-refractivity contribution in [3.63, 3.8) is 0 Å². The second-order valence-electron chi connectivity index (χ2n) is 6.99. The molecular formula is C22H22N4O3. The Morgan fingerprint density at radius 1 is 0.966 bits per heavy atom. The van der Waals surface area contributed by atoms with Crippen LogP contribution in [0.15, 0.2) is 65.4 Å². The number of furan rings is 1. The van der Waals surface area contributed by atoms with E-state index < -0.39 is 0 Å². The van der Waals surface area contributed by atoms with Crippen molar-refractivity contribution in [1.82, 2.24) is 14.8 Å². The normalized spacial score (nSPS) is 14.0. The molecule has 3 aromatic rings. The maximum atomic E-state index is 12.9. The van der Waals surface area contributed by atoms with Gasteiger partial charge in [-0.3, -0.25) is 9.59 Å². The van der Waals surface area contributed by atoms with Gasteiger partial charge in [0.05, 0.1) is 6.26 Å². The van der Waals surface area contributed by atoms with E-state index in [4.69, 9.17) is 4.42 Å². The van der Waals surface area contributed by atoms with Crippen LogP contribution in [0.25, 0.3) is 0 Å². The topological polar surface area (TPSA) is 78.7 Å². The van der Waals surface area contributed by atoms with Gasteiger partial charge in [-0.2, -0.15) is 0 Å². The monoisotopic (exact) mass is 390 g/mol. The van der Waals surface area contributed by atoms with Crippen LogP contribution in [0.4, 0.5) is 11.5 Å². The summed E-state index contributed by atoms with van der Waals surface area (Å²) in [5, 5.41) is 3.24. The van der Waals surface area contributed by atoms with Gasteiger partial charge in [0, 0.05) is 43.6 Å². The van der Waals surface area contributed by atoms with Crippen molar-refractivity contribution in [1.29, 1.82) is 0 Å². The maximum Gasteiger partial charge on any atom is 0.289 e. The summed E-state index contributed by atoms with van der Waals surface area (Å²) in [5.74, 6) is 0.735. The molecule has 0 bridgehead atoms. The number of nitrogens with zero attached hydrogens (tertiary/aromatic N) is 3. The Hall–Kier alpha value is -3.61. The quantitative estimate of drug-likeness (QED) is 0.739. The van der Waals surface area contributed by atoms with Crippen LogP contribution in [-0.2, 0) is 0 Å². The van der Waals surface area contributed by atoms with Gasteiger partial charge in [0.15, 0.2) is 5.76 Å². The number of carbonyl (C=O) groups excluding carboxylic acids is 2. The van der Waals surface area contributed by atoms with Gasteiger partial charge < -0.3 is 19.5 Å². The van der Waals surface area contributed by atoms with Gasteiger partial charge in [0.2, 0.25) is 0 Å². The van der Waals surface area contributed by atoms with Crippen molar-refractivity contribution < 1.29 is 14.0 Å². The SMILES string of the molecule is Cc1cccc(Nc2cc(C(=O)N3CCN(C(=O)c4ccco4)CC3)ccn2)c1. The predicted octanol–water partition coefficient (Wildman–Crippen LogP) is 3.32. The van der Waals surface area contributed by atoms with Gasteiger partial charge in [-0.15, -0.1) is 0 Å². The lowest BCUT2D eigenvalue weighted by Crippen LogP contribution is -2.50. The van der Waals surface area contributed by atoms with Crippen molar-refractivity contribution in [2.75, 3.05) is 31.5 Å². The molecule has 0 saturated carbocycles. The van der Waals surface area contributed by atoms with Crippen LogP contribution < -0.4 is 5.32 Å². The van der Waals surface area contributed by atoms with E-state index >= 15 is 0 Å². The van der Waals surface area contributed by atoms with E-state index in [-0.39, 0.29) is 11.8 Å². The highest BCUT2D eigenvalue weighted by Crippen LogP contribution is 2.18. The molecule has 1 aliphatic heterocycles. The van der Waals surface area contributed by atoms with Gasteiger partial charge >= 0.3 is 0 Å². The minimum Gasteiger partial charge on any atom is -0.459 e. The van der Waals surface area contributed by atoms with Gasteiger partial charge in [-0.25, -0.2) is 4.98 Å². The maximum absolute atomic E-state index is 12.9. The Morgan fingerprint density at radius 3 is 2.41 bits per heavy atom. The fourth-order valence-corrected chi connectivity index (χ4v) is 3.35. The molecule has 0 spiro atoms. The molecule has 29 heavy (non-hydrogen) atoms. The minimum atomic E-state index is -0.143. The van der Waals surface area contributed by atoms with E-state index in [1.54, 1.807) is 40.3 Å². The molecule has 1 fully saturated rings. The summed E-state index contributed by atoms with van der Waals surface area (Å²) >= 11 is 0. The summed E-state index contributed by atoms with van der Waals surface area (Å²) in [5.41, 5.74) is 2.64. The van der Waals surface area contributed by atoms with E-state index in [1.807, 2.05) is 31.2 Å². The number of rotatable bonds is 4. The number of hydrogen-bond acceptors (Lipinski definition) is 5. The standard InChI is InChI=1S/C22H22N4O3/c1-16-4-2-5-18(14-16)24-20-15-17(7-8-23-20)21(27)25-9-11-26(12-10-25)22(28)19-6-3-13-29-19/h2-8,13-15H,9-12H2,1H3,(H,23,24). The molecule has 7 heteroatoms. The summed E-state index contributed by atoms with van der Waals surface area (Å²) in [6, 6.07) is 14.8. The number of nitrogens with one attached hydrogen (secondary N) is 1. The Labute approximate surface area is 169 Å². The average molecular weight is 390 g/mol. The molecule has 2 aromatic heterocycles. The summed E-state index contributed by atoms with van der Waals surface area (Å²) < 4.78 is 5.18. The highest BCUT2D eigenvalue weighted by atomic mass is 16.3. The van der Waals surface area contributed by atoms with E-state index in [0.29, 0.717) is 43.3 Å². The summed E-state index contributed by atoms with van der Waals surface area (Å²) in [4.78, 5) is 33.1. The molecule has 7 nitrogen and oxygen atoms in total. The summed E-state index contributed by atoms with van der Waals surface area (Å²) in [7, 11) is 0. The summed E-state index contributed by atoms with van der Waals surface area (Å²) in [6.07, 6.45) is 3.11. The van der Waals surface area contributed by atoms with E-state index in [1.165, 1.54) is 6.26 Å². The first-order chi connectivity index (χ1) is 14.1. The van der Waals surface area contributed by atoms with Gasteiger partial charge in [0.1, 0.15) is 5.82 Å². The van der Waals surface area contributed by atoms with Gasteiger partial charge in [0.25, 0.3) is 11.8 Å². The molecular weight excluding hydrogens is 368 g/mol. The molecule has 0 unspecified atom stereocenters. The van der Waals surface area contributed by atoms with Crippen molar-refractivity contribution in [2.24, 2.45) is 0 Å². The van der Waals surface area contributed by atoms with Crippen molar-refractivity contribution >= 4 is 23.3 Å². The van der Waals surface area contributed by atoms with Crippen LogP contribution in [0.2, 0.25) is 0 Å². The first-order valence-electron chi connectivity index (χ1n) is 9.52. The number of anilines is 2. The van der Waals surface area contributed by atoms with Gasteiger partial charge in [-0.05, 0) is 48.9 Å². The number of aryl methyl sites for hydroxylation is 1. The fourth-order valence-electron chi connectivity index (χ4n) is 3.35. The molecule has 148 valence electrons. The molecule has 0 atom stereocenters. The third-order valence-electron chi connectivity index (χ3n) is 4.88. The van der Waals surface area contributed by atoms with Crippen LogP contribution in [0.1, 0.15) is 26.5 Å². The Balaban J connectivity index is 1.39. The lowest BCUT2D eigenvalue weighted by atomic mass is 10.2. The largest absolute Gasteiger partial charge is 0.459 e. The number of pyridine rings is 1. The molecule has 1 aliphatic rings. The minimum absolute atomic E-state index is 0.0650. The van der Waals surface area contributed by atoms with Gasteiger partial charge in [-0.1, -0.05) is 12.1 Å². The van der Waals surface area contributed by atoms with Crippen LogP contribution in [0.5, 0.6) is 0 Å². The average Bonchev–Trinajstić information content (AvgIpc) is 3.28.